The third-order valence-electron chi connectivity index (χ3n) is 3.33. The second-order valence-corrected chi connectivity index (χ2v) is 5.69. The van der Waals surface area contributed by atoms with Crippen LogP contribution in [-0.4, -0.2) is 54.8 Å². The number of benzene rings is 1. The lowest BCUT2D eigenvalue weighted by Gasteiger charge is -2.24. The minimum atomic E-state index is -0.968. The van der Waals surface area contributed by atoms with Crippen LogP contribution in [0, 0.1) is 5.92 Å². The van der Waals surface area contributed by atoms with E-state index in [9.17, 15) is 15.0 Å². The van der Waals surface area contributed by atoms with Crippen molar-refractivity contribution in [3.8, 4) is 5.75 Å². The van der Waals surface area contributed by atoms with Gasteiger partial charge in [0.25, 0.3) is 0 Å². The molecule has 0 saturated heterocycles. The molecule has 0 radical (unpaired) electrons. The summed E-state index contributed by atoms with van der Waals surface area (Å²) in [6.07, 6.45) is -1.45. The van der Waals surface area contributed by atoms with E-state index in [4.69, 9.17) is 14.2 Å². The van der Waals surface area contributed by atoms with Crippen molar-refractivity contribution in [1.29, 1.82) is 0 Å². The summed E-state index contributed by atoms with van der Waals surface area (Å²) in [7, 11) is 0. The summed E-state index contributed by atoms with van der Waals surface area (Å²) in [4.78, 5) is 11.2. The molecular formula is C18H26O6. The highest BCUT2D eigenvalue weighted by Crippen LogP contribution is 2.13. The minimum Gasteiger partial charge on any atom is -0.493 e. The Morgan fingerprint density at radius 1 is 1.21 bits per heavy atom. The summed E-state index contributed by atoms with van der Waals surface area (Å²) in [6.45, 7) is 6.81. The molecule has 0 saturated carbocycles. The molecule has 0 aliphatic heterocycles. The maximum Gasteiger partial charge on any atom is 0.333 e. The summed E-state index contributed by atoms with van der Waals surface area (Å²) in [6, 6.07) is 9.35. The van der Waals surface area contributed by atoms with Gasteiger partial charge >= 0.3 is 5.97 Å². The maximum absolute atomic E-state index is 11.2. The zero-order valence-corrected chi connectivity index (χ0v) is 14.2. The van der Waals surface area contributed by atoms with Crippen LogP contribution in [0.2, 0.25) is 0 Å². The lowest BCUT2D eigenvalue weighted by molar-refractivity contribution is -0.144. The van der Waals surface area contributed by atoms with E-state index < -0.39 is 18.2 Å². The number of para-hydroxylation sites is 1. The van der Waals surface area contributed by atoms with E-state index in [1.165, 1.54) is 6.92 Å². The van der Waals surface area contributed by atoms with Crippen LogP contribution in [0.15, 0.2) is 42.5 Å². The highest BCUT2D eigenvalue weighted by atomic mass is 16.6. The first-order valence-corrected chi connectivity index (χ1v) is 7.85. The molecule has 1 aromatic rings. The lowest BCUT2D eigenvalue weighted by Crippen LogP contribution is -2.34. The zero-order valence-electron chi connectivity index (χ0n) is 14.2. The highest BCUT2D eigenvalue weighted by molar-refractivity contribution is 5.86. The van der Waals surface area contributed by atoms with Crippen molar-refractivity contribution in [3.05, 3.63) is 42.5 Å². The molecule has 0 fully saturated rings. The van der Waals surface area contributed by atoms with Gasteiger partial charge in [0.05, 0.1) is 25.9 Å². The average molecular weight is 338 g/mol. The van der Waals surface area contributed by atoms with Crippen molar-refractivity contribution < 1.29 is 29.2 Å². The van der Waals surface area contributed by atoms with Crippen molar-refractivity contribution in [2.45, 2.75) is 26.1 Å². The van der Waals surface area contributed by atoms with Crippen molar-refractivity contribution in [3.63, 3.8) is 0 Å². The average Bonchev–Trinajstić information content (AvgIpc) is 2.59. The molecule has 0 amide bonds. The van der Waals surface area contributed by atoms with Gasteiger partial charge < -0.3 is 24.4 Å². The van der Waals surface area contributed by atoms with Crippen LogP contribution in [0.4, 0.5) is 0 Å². The number of hydrogen-bond acceptors (Lipinski definition) is 6. The Kier molecular flexibility index (Phi) is 9.07. The molecular weight excluding hydrogens is 312 g/mol. The van der Waals surface area contributed by atoms with Crippen LogP contribution in [0.5, 0.6) is 5.75 Å². The number of ether oxygens (including phenoxy) is 3. The molecule has 3 atom stereocenters. The van der Waals surface area contributed by atoms with Crippen molar-refractivity contribution in [1.82, 2.24) is 0 Å². The van der Waals surface area contributed by atoms with Gasteiger partial charge in [-0.25, -0.2) is 4.79 Å². The first-order chi connectivity index (χ1) is 11.4. The zero-order chi connectivity index (χ0) is 17.9. The molecule has 24 heavy (non-hydrogen) atoms. The number of aliphatic hydroxyl groups excluding tert-OH is 2. The van der Waals surface area contributed by atoms with E-state index in [2.05, 4.69) is 6.58 Å². The molecule has 2 N–H and O–H groups in total. The van der Waals surface area contributed by atoms with Gasteiger partial charge in [-0.2, -0.15) is 0 Å². The van der Waals surface area contributed by atoms with Gasteiger partial charge in [-0.1, -0.05) is 31.7 Å². The number of rotatable bonds is 11. The Labute approximate surface area is 142 Å². The fourth-order valence-corrected chi connectivity index (χ4v) is 1.83. The summed E-state index contributed by atoms with van der Waals surface area (Å²) < 4.78 is 16.0. The summed E-state index contributed by atoms with van der Waals surface area (Å²) in [5, 5.41) is 19.2. The van der Waals surface area contributed by atoms with E-state index >= 15 is 0 Å². The van der Waals surface area contributed by atoms with Gasteiger partial charge in [-0.05, 0) is 19.1 Å². The predicted molar refractivity (Wildman–Crippen MR) is 89.7 cm³/mol. The van der Waals surface area contributed by atoms with E-state index in [0.717, 1.165) is 5.75 Å². The highest BCUT2D eigenvalue weighted by Gasteiger charge is 2.20. The Morgan fingerprint density at radius 2 is 1.88 bits per heavy atom. The molecule has 6 heteroatoms. The molecule has 1 rings (SSSR count). The van der Waals surface area contributed by atoms with E-state index in [1.807, 2.05) is 37.3 Å². The molecule has 0 bridgehead atoms. The third kappa shape index (κ3) is 7.59. The van der Waals surface area contributed by atoms with Crippen LogP contribution >= 0.6 is 0 Å². The summed E-state index contributed by atoms with van der Waals surface area (Å²) >= 11 is 0. The van der Waals surface area contributed by atoms with Gasteiger partial charge in [0.15, 0.2) is 0 Å². The molecule has 134 valence electrons. The SMILES string of the molecule is C=C(C)C(=O)OCC(O)COC(CO)C(C)COc1ccccc1. The monoisotopic (exact) mass is 338 g/mol. The molecule has 1 aromatic carbocycles. The maximum atomic E-state index is 11.2. The fourth-order valence-electron chi connectivity index (χ4n) is 1.83. The second kappa shape index (κ2) is 10.8. The predicted octanol–water partition coefficient (Wildman–Crippen LogP) is 1.56. The lowest BCUT2D eigenvalue weighted by atomic mass is 10.1. The molecule has 0 spiro atoms. The number of aliphatic hydroxyl groups is 2. The topological polar surface area (TPSA) is 85.2 Å². The van der Waals surface area contributed by atoms with Gasteiger partial charge in [-0.3, -0.25) is 0 Å². The number of carbonyl (C=O) groups excluding carboxylic acids is 1. The largest absolute Gasteiger partial charge is 0.493 e. The Balaban J connectivity index is 2.32. The van der Waals surface area contributed by atoms with Crippen LogP contribution in [0.25, 0.3) is 0 Å². The quantitative estimate of drug-likeness (QED) is 0.470. The van der Waals surface area contributed by atoms with Gasteiger partial charge in [0, 0.05) is 11.5 Å². The summed E-state index contributed by atoms with van der Waals surface area (Å²) in [5.41, 5.74) is 0.267. The number of carbonyl (C=O) groups is 1. The first kappa shape index (κ1) is 20.2. The smallest absolute Gasteiger partial charge is 0.333 e. The molecule has 3 unspecified atom stereocenters. The van der Waals surface area contributed by atoms with Crippen molar-refractivity contribution >= 4 is 5.97 Å². The van der Waals surface area contributed by atoms with Crippen molar-refractivity contribution in [2.24, 2.45) is 5.92 Å². The Bertz CT molecular complexity index is 501. The van der Waals surface area contributed by atoms with Crippen LogP contribution < -0.4 is 4.74 Å². The third-order valence-corrected chi connectivity index (χ3v) is 3.33. The molecule has 0 aliphatic rings. The standard InChI is InChI=1S/C18H26O6/c1-13(2)18(21)24-12-15(20)11-23-17(9-19)14(3)10-22-16-7-5-4-6-8-16/h4-8,14-15,17,19-20H,1,9-12H2,2-3H3. The normalized spacial score (nSPS) is 14.5. The molecule has 0 aromatic heterocycles. The van der Waals surface area contributed by atoms with E-state index in [1.54, 1.807) is 0 Å². The van der Waals surface area contributed by atoms with Gasteiger partial charge in [0.2, 0.25) is 0 Å². The second-order valence-electron chi connectivity index (χ2n) is 5.69. The van der Waals surface area contributed by atoms with E-state index in [-0.39, 0.29) is 31.3 Å². The van der Waals surface area contributed by atoms with Crippen LogP contribution in [-0.2, 0) is 14.3 Å². The van der Waals surface area contributed by atoms with Gasteiger partial charge in [-0.15, -0.1) is 0 Å². The molecule has 6 nitrogen and oxygen atoms in total. The first-order valence-electron chi connectivity index (χ1n) is 7.85. The Hall–Kier alpha value is -1.89. The molecule has 0 heterocycles. The Morgan fingerprint density at radius 3 is 2.46 bits per heavy atom. The number of hydrogen-bond donors (Lipinski definition) is 2. The summed E-state index contributed by atoms with van der Waals surface area (Å²) in [5.74, 6) is 0.102. The fraction of sp³-hybridized carbons (Fsp3) is 0.500. The van der Waals surface area contributed by atoms with E-state index in [0.29, 0.717) is 6.61 Å². The van der Waals surface area contributed by atoms with Gasteiger partial charge in [0.1, 0.15) is 18.5 Å². The number of esters is 1. The van der Waals surface area contributed by atoms with Crippen molar-refractivity contribution in [2.75, 3.05) is 26.4 Å². The van der Waals surface area contributed by atoms with Crippen LogP contribution in [0.1, 0.15) is 13.8 Å². The minimum absolute atomic E-state index is 0.0512. The van der Waals surface area contributed by atoms with Crippen LogP contribution in [0.3, 0.4) is 0 Å². The molecule has 0 aliphatic carbocycles.